The number of hydrogen-bond acceptors (Lipinski definition) is 8. The maximum absolute atomic E-state index is 12.9. The number of amides is 1. The summed E-state index contributed by atoms with van der Waals surface area (Å²) in [5, 5.41) is 2.94. The number of nitrogens with zero attached hydrogens (tertiary/aromatic N) is 1. The van der Waals surface area contributed by atoms with Crippen molar-refractivity contribution in [1.82, 2.24) is 4.90 Å². The van der Waals surface area contributed by atoms with Gasteiger partial charge in [0.15, 0.2) is 0 Å². The second-order valence-electron chi connectivity index (χ2n) is 13.8. The van der Waals surface area contributed by atoms with Crippen molar-refractivity contribution in [2.24, 2.45) is 0 Å². The van der Waals surface area contributed by atoms with Gasteiger partial charge in [0.2, 0.25) is 5.91 Å². The number of carbonyl (C=O) groups excluding carboxylic acids is 3. The zero-order chi connectivity index (χ0) is 37.3. The lowest BCUT2D eigenvalue weighted by atomic mass is 10.1. The molecule has 0 aliphatic heterocycles. The number of nitrogens with one attached hydrogen (secondary N) is 1. The summed E-state index contributed by atoms with van der Waals surface area (Å²) in [5.74, 6) is 0.991. The first kappa shape index (κ1) is 39.6. The summed E-state index contributed by atoms with van der Waals surface area (Å²) in [6.07, 6.45) is 6.10. The van der Waals surface area contributed by atoms with E-state index in [1.807, 2.05) is 86.3 Å². The molecule has 0 aromatic heterocycles. The van der Waals surface area contributed by atoms with Crippen LogP contribution >= 0.6 is 0 Å². The molecule has 0 aliphatic rings. The zero-order valence-electron chi connectivity index (χ0n) is 31.1. The predicted molar refractivity (Wildman–Crippen MR) is 204 cm³/mol. The van der Waals surface area contributed by atoms with Gasteiger partial charge in [0.05, 0.1) is 32.2 Å². The molecular formula is C43H52N2O7. The number of hydrogen-bond donors (Lipinski definition) is 1. The molecule has 4 aromatic carbocycles. The highest BCUT2D eigenvalue weighted by Crippen LogP contribution is 2.20. The van der Waals surface area contributed by atoms with Gasteiger partial charge in [-0.1, -0.05) is 69.0 Å². The molecule has 1 amide bonds. The van der Waals surface area contributed by atoms with Gasteiger partial charge in [0, 0.05) is 18.8 Å². The van der Waals surface area contributed by atoms with Crippen molar-refractivity contribution < 1.29 is 33.3 Å². The van der Waals surface area contributed by atoms with Gasteiger partial charge in [-0.05, 0) is 105 Å². The number of esters is 2. The molecule has 0 radical (unpaired) electrons. The number of anilines is 1. The topological polar surface area (TPSA) is 103 Å². The molecule has 0 unspecified atom stereocenters. The van der Waals surface area contributed by atoms with E-state index in [0.717, 1.165) is 41.0 Å². The van der Waals surface area contributed by atoms with Crippen LogP contribution in [0.1, 0.15) is 86.8 Å². The lowest BCUT2D eigenvalue weighted by molar-refractivity contribution is -0.156. The second-order valence-corrected chi connectivity index (χ2v) is 13.8. The molecule has 0 atom stereocenters. The van der Waals surface area contributed by atoms with Crippen molar-refractivity contribution in [2.45, 2.75) is 84.9 Å². The Bertz CT molecular complexity index is 1700. The standard InChI is InChI=1S/C43H52N2O7/c1-6-7-8-9-10-27-50-38-25-17-35(18-26-38)42(48)51-39-23-15-34(16-24-39)30-45(31-41(47)52-43(2,3)4)29-33-11-19-36(20-12-33)44-40(46)28-32-13-21-37(49-5)22-14-32/h11-26H,6-10,27-31H2,1-5H3,(H,44,46). The molecule has 1 N–H and O–H groups in total. The molecule has 0 aliphatic carbocycles. The summed E-state index contributed by atoms with van der Waals surface area (Å²) in [6.45, 7) is 9.38. The van der Waals surface area contributed by atoms with E-state index >= 15 is 0 Å². The minimum Gasteiger partial charge on any atom is -0.497 e. The molecule has 4 rings (SSSR count). The third-order valence-electron chi connectivity index (χ3n) is 8.09. The van der Waals surface area contributed by atoms with E-state index in [1.54, 1.807) is 43.5 Å². The van der Waals surface area contributed by atoms with Crippen LogP contribution in [0.3, 0.4) is 0 Å². The monoisotopic (exact) mass is 708 g/mol. The number of carbonyl (C=O) groups is 3. The van der Waals surface area contributed by atoms with Crippen LogP contribution in [0.25, 0.3) is 0 Å². The number of unbranched alkanes of at least 4 members (excludes halogenated alkanes) is 4. The number of ether oxygens (including phenoxy) is 4. The largest absolute Gasteiger partial charge is 0.497 e. The third-order valence-corrected chi connectivity index (χ3v) is 8.09. The van der Waals surface area contributed by atoms with Crippen molar-refractivity contribution >= 4 is 23.5 Å². The van der Waals surface area contributed by atoms with Crippen LogP contribution in [-0.4, -0.2) is 48.6 Å². The number of methoxy groups -OCH3 is 1. The quantitative estimate of drug-likeness (QED) is 0.0586. The van der Waals surface area contributed by atoms with E-state index in [0.29, 0.717) is 36.7 Å². The molecule has 0 spiro atoms. The summed E-state index contributed by atoms with van der Waals surface area (Å²) in [5.41, 5.74) is 3.29. The first-order valence-electron chi connectivity index (χ1n) is 18.0. The van der Waals surface area contributed by atoms with E-state index in [-0.39, 0.29) is 24.8 Å². The van der Waals surface area contributed by atoms with E-state index in [9.17, 15) is 14.4 Å². The number of benzene rings is 4. The normalized spacial score (nSPS) is 11.2. The average molecular weight is 709 g/mol. The summed E-state index contributed by atoms with van der Waals surface area (Å²) < 4.78 is 22.2. The summed E-state index contributed by atoms with van der Waals surface area (Å²) in [7, 11) is 1.61. The zero-order valence-corrected chi connectivity index (χ0v) is 31.1. The van der Waals surface area contributed by atoms with Crippen molar-refractivity contribution in [3.05, 3.63) is 119 Å². The highest BCUT2D eigenvalue weighted by Gasteiger charge is 2.20. The van der Waals surface area contributed by atoms with E-state index in [1.165, 1.54) is 19.3 Å². The fourth-order valence-electron chi connectivity index (χ4n) is 5.48. The van der Waals surface area contributed by atoms with Crippen LogP contribution in [0.5, 0.6) is 17.2 Å². The molecule has 276 valence electrons. The Balaban J connectivity index is 1.32. The highest BCUT2D eigenvalue weighted by atomic mass is 16.6. The van der Waals surface area contributed by atoms with Crippen molar-refractivity contribution in [3.8, 4) is 17.2 Å². The number of rotatable bonds is 19. The van der Waals surface area contributed by atoms with Gasteiger partial charge >= 0.3 is 11.9 Å². The fourth-order valence-corrected chi connectivity index (χ4v) is 5.48. The lowest BCUT2D eigenvalue weighted by Crippen LogP contribution is -2.34. The Morgan fingerprint density at radius 1 is 0.673 bits per heavy atom. The highest BCUT2D eigenvalue weighted by molar-refractivity contribution is 5.92. The summed E-state index contributed by atoms with van der Waals surface area (Å²) >= 11 is 0. The average Bonchev–Trinajstić information content (AvgIpc) is 3.11. The molecular weight excluding hydrogens is 656 g/mol. The van der Waals surface area contributed by atoms with Crippen LogP contribution in [0.4, 0.5) is 5.69 Å². The van der Waals surface area contributed by atoms with E-state index in [4.69, 9.17) is 18.9 Å². The molecule has 4 aromatic rings. The smallest absolute Gasteiger partial charge is 0.343 e. The Morgan fingerprint density at radius 3 is 1.83 bits per heavy atom. The molecule has 52 heavy (non-hydrogen) atoms. The minimum atomic E-state index is -0.610. The van der Waals surface area contributed by atoms with Gasteiger partial charge in [-0.25, -0.2) is 4.79 Å². The van der Waals surface area contributed by atoms with Crippen LogP contribution in [0.15, 0.2) is 97.1 Å². The minimum absolute atomic E-state index is 0.0763. The molecule has 0 bridgehead atoms. The molecule has 0 heterocycles. The van der Waals surface area contributed by atoms with Crippen LogP contribution < -0.4 is 19.5 Å². The molecule has 0 saturated carbocycles. The maximum Gasteiger partial charge on any atom is 0.343 e. The first-order valence-corrected chi connectivity index (χ1v) is 18.0. The Labute approximate surface area is 308 Å². The predicted octanol–water partition coefficient (Wildman–Crippen LogP) is 8.79. The molecule has 0 saturated heterocycles. The first-order chi connectivity index (χ1) is 25.0. The van der Waals surface area contributed by atoms with E-state index in [2.05, 4.69) is 12.2 Å². The van der Waals surface area contributed by atoms with Crippen LogP contribution in [-0.2, 0) is 33.8 Å². The summed E-state index contributed by atoms with van der Waals surface area (Å²) in [6, 6.07) is 29.2. The lowest BCUT2D eigenvalue weighted by Gasteiger charge is -2.25. The molecule has 0 fully saturated rings. The van der Waals surface area contributed by atoms with Crippen molar-refractivity contribution in [3.63, 3.8) is 0 Å². The van der Waals surface area contributed by atoms with Gasteiger partial charge in [-0.2, -0.15) is 0 Å². The Kier molecular flexibility index (Phi) is 15.3. The van der Waals surface area contributed by atoms with E-state index < -0.39 is 11.6 Å². The second kappa shape index (κ2) is 20.0. The third kappa shape index (κ3) is 14.2. The fraction of sp³-hybridized carbons (Fsp3) is 0.372. The van der Waals surface area contributed by atoms with Crippen LogP contribution in [0.2, 0.25) is 0 Å². The Morgan fingerprint density at radius 2 is 1.23 bits per heavy atom. The Hall–Kier alpha value is -5.15. The van der Waals surface area contributed by atoms with Crippen molar-refractivity contribution in [2.75, 3.05) is 25.6 Å². The van der Waals surface area contributed by atoms with Gasteiger partial charge in [0.1, 0.15) is 22.8 Å². The van der Waals surface area contributed by atoms with Gasteiger partial charge in [0.25, 0.3) is 0 Å². The molecule has 9 nitrogen and oxygen atoms in total. The SMILES string of the molecule is CCCCCCCOc1ccc(C(=O)Oc2ccc(CN(CC(=O)OC(C)(C)C)Cc3ccc(NC(=O)Cc4ccc(OC)cc4)cc3)cc2)cc1. The maximum atomic E-state index is 12.9. The summed E-state index contributed by atoms with van der Waals surface area (Å²) in [4.78, 5) is 40.3. The van der Waals surface area contributed by atoms with Gasteiger partial charge in [-0.3, -0.25) is 14.5 Å². The van der Waals surface area contributed by atoms with Gasteiger partial charge in [-0.15, -0.1) is 0 Å². The van der Waals surface area contributed by atoms with Gasteiger partial charge < -0.3 is 24.3 Å². The molecule has 9 heteroatoms. The van der Waals surface area contributed by atoms with Crippen LogP contribution in [0, 0.1) is 0 Å². The van der Waals surface area contributed by atoms with Crippen molar-refractivity contribution in [1.29, 1.82) is 0 Å².